The molecule has 6 heteroatoms. The lowest BCUT2D eigenvalue weighted by molar-refractivity contribution is 0.0796. The Labute approximate surface area is 152 Å². The van der Waals surface area contributed by atoms with E-state index in [0.29, 0.717) is 18.0 Å². The predicted molar refractivity (Wildman–Crippen MR) is 101 cm³/mol. The Hall–Kier alpha value is -2.73. The molecule has 0 bridgehead atoms. The molecule has 3 aromatic rings. The smallest absolute Gasteiger partial charge is 0.166 e. The number of fused-ring (bicyclic) bond motifs is 1. The number of nitrogens with zero attached hydrogens (tertiary/aromatic N) is 4. The third kappa shape index (κ3) is 2.76. The summed E-state index contributed by atoms with van der Waals surface area (Å²) in [6.45, 7) is 4.05. The first-order valence-corrected chi connectivity index (χ1v) is 8.83. The molecule has 4 rings (SSSR count). The molecule has 1 fully saturated rings. The number of pyridine rings is 1. The molecular formula is C20H23N5O. The molecule has 1 saturated carbocycles. The zero-order chi connectivity index (χ0) is 18.4. The maximum absolute atomic E-state index is 10.4. The van der Waals surface area contributed by atoms with Gasteiger partial charge in [-0.3, -0.25) is 9.39 Å². The summed E-state index contributed by atoms with van der Waals surface area (Å²) in [4.78, 5) is 4.63. The molecule has 0 aliphatic heterocycles. The molecule has 6 nitrogen and oxygen atoms in total. The average Bonchev–Trinajstić information content (AvgIpc) is 3.32. The molecule has 3 N–H and O–H groups in total. The van der Waals surface area contributed by atoms with Crippen molar-refractivity contribution in [1.29, 1.82) is 0 Å². The Kier molecular flexibility index (Phi) is 3.80. The van der Waals surface area contributed by atoms with Crippen LogP contribution in [0.3, 0.4) is 0 Å². The van der Waals surface area contributed by atoms with E-state index in [1.807, 2.05) is 53.1 Å². The van der Waals surface area contributed by atoms with Gasteiger partial charge in [0.1, 0.15) is 5.84 Å². The summed E-state index contributed by atoms with van der Waals surface area (Å²) in [5, 5.41) is 19.2. The van der Waals surface area contributed by atoms with Gasteiger partial charge in [-0.15, -0.1) is 10.2 Å². The van der Waals surface area contributed by atoms with Crippen molar-refractivity contribution in [2.45, 2.75) is 44.2 Å². The molecule has 0 amide bonds. The highest BCUT2D eigenvalue weighted by molar-refractivity contribution is 5.94. The first-order chi connectivity index (χ1) is 12.4. The molecule has 2 heterocycles. The van der Waals surface area contributed by atoms with E-state index in [1.54, 1.807) is 13.8 Å². The summed E-state index contributed by atoms with van der Waals surface area (Å²) in [5.74, 6) is 1.40. The van der Waals surface area contributed by atoms with Gasteiger partial charge in [-0.2, -0.15) is 0 Å². The van der Waals surface area contributed by atoms with Crippen LogP contribution in [0.15, 0.2) is 53.7 Å². The van der Waals surface area contributed by atoms with Crippen molar-refractivity contribution in [3.63, 3.8) is 0 Å². The first kappa shape index (κ1) is 16.7. The Balaban J connectivity index is 1.71. The minimum absolute atomic E-state index is 0.355. The average molecular weight is 349 g/mol. The van der Waals surface area contributed by atoms with Gasteiger partial charge in [-0.25, -0.2) is 0 Å². The number of amidine groups is 1. The van der Waals surface area contributed by atoms with Gasteiger partial charge >= 0.3 is 0 Å². The molecule has 1 aromatic carbocycles. The normalized spacial score (nSPS) is 16.8. The van der Waals surface area contributed by atoms with E-state index in [2.05, 4.69) is 15.2 Å². The van der Waals surface area contributed by atoms with Gasteiger partial charge < -0.3 is 10.8 Å². The van der Waals surface area contributed by atoms with Crippen LogP contribution in [0.25, 0.3) is 5.65 Å². The van der Waals surface area contributed by atoms with Crippen LogP contribution in [0.2, 0.25) is 0 Å². The highest BCUT2D eigenvalue weighted by Gasteiger charge is 2.52. The first-order valence-electron chi connectivity index (χ1n) is 8.83. The Morgan fingerprint density at radius 3 is 2.58 bits per heavy atom. The van der Waals surface area contributed by atoms with Crippen LogP contribution in [-0.2, 0) is 17.6 Å². The van der Waals surface area contributed by atoms with Crippen LogP contribution in [0.4, 0.5) is 0 Å². The molecule has 0 spiro atoms. The molecule has 0 atom stereocenters. The van der Waals surface area contributed by atoms with Crippen molar-refractivity contribution in [2.75, 3.05) is 0 Å². The van der Waals surface area contributed by atoms with Gasteiger partial charge in [-0.05, 0) is 38.3 Å². The molecule has 1 aliphatic rings. The number of nitrogens with two attached hydrogens (primary N) is 1. The summed E-state index contributed by atoms with van der Waals surface area (Å²) < 4.78 is 1.94. The van der Waals surface area contributed by atoms with E-state index in [0.717, 1.165) is 29.8 Å². The molecule has 134 valence electrons. The fourth-order valence-electron chi connectivity index (χ4n) is 3.35. The SMILES string of the molecule is CC(C)(O)c1cccn2c(C3(C(N)=NCc4ccccc4)CC3)nnc12. The fraction of sp³-hybridized carbons (Fsp3) is 0.350. The van der Waals surface area contributed by atoms with E-state index < -0.39 is 5.60 Å². The Morgan fingerprint density at radius 2 is 1.92 bits per heavy atom. The van der Waals surface area contributed by atoms with E-state index in [9.17, 15) is 5.11 Å². The van der Waals surface area contributed by atoms with Crippen LogP contribution < -0.4 is 5.73 Å². The van der Waals surface area contributed by atoms with Crippen LogP contribution >= 0.6 is 0 Å². The maximum Gasteiger partial charge on any atom is 0.166 e. The van der Waals surface area contributed by atoms with E-state index in [-0.39, 0.29) is 5.41 Å². The molecule has 1 aliphatic carbocycles. The Bertz CT molecular complexity index is 965. The van der Waals surface area contributed by atoms with Crippen LogP contribution in [0, 0.1) is 0 Å². The minimum atomic E-state index is -0.990. The largest absolute Gasteiger partial charge is 0.387 e. The zero-order valence-electron chi connectivity index (χ0n) is 15.1. The lowest BCUT2D eigenvalue weighted by atomic mass is 9.99. The van der Waals surface area contributed by atoms with Gasteiger partial charge in [0.25, 0.3) is 0 Å². The van der Waals surface area contributed by atoms with Crippen molar-refractivity contribution < 1.29 is 5.11 Å². The predicted octanol–water partition coefficient (Wildman–Crippen LogP) is 2.55. The number of aromatic nitrogens is 3. The monoisotopic (exact) mass is 349 g/mol. The zero-order valence-corrected chi connectivity index (χ0v) is 15.1. The summed E-state index contributed by atoms with van der Waals surface area (Å²) >= 11 is 0. The van der Waals surface area contributed by atoms with Crippen molar-refractivity contribution in [3.05, 3.63) is 65.6 Å². The highest BCUT2D eigenvalue weighted by atomic mass is 16.3. The summed E-state index contributed by atoms with van der Waals surface area (Å²) in [6.07, 6.45) is 3.74. The molecule has 26 heavy (non-hydrogen) atoms. The summed E-state index contributed by atoms with van der Waals surface area (Å²) in [5.41, 5.74) is 7.58. The fourth-order valence-corrected chi connectivity index (χ4v) is 3.35. The molecule has 0 radical (unpaired) electrons. The number of benzene rings is 1. The second-order valence-electron chi connectivity index (χ2n) is 7.47. The molecule has 0 saturated heterocycles. The van der Waals surface area contributed by atoms with Crippen LogP contribution in [0.5, 0.6) is 0 Å². The third-order valence-corrected chi connectivity index (χ3v) is 5.04. The molecule has 2 aromatic heterocycles. The second-order valence-corrected chi connectivity index (χ2v) is 7.47. The highest BCUT2D eigenvalue weighted by Crippen LogP contribution is 2.48. The van der Waals surface area contributed by atoms with Crippen molar-refractivity contribution >= 4 is 11.5 Å². The maximum atomic E-state index is 10.4. The lowest BCUT2D eigenvalue weighted by Gasteiger charge is -2.18. The van der Waals surface area contributed by atoms with Gasteiger partial charge in [0.15, 0.2) is 11.5 Å². The molecular weight excluding hydrogens is 326 g/mol. The number of aliphatic hydroxyl groups is 1. The van der Waals surface area contributed by atoms with E-state index in [4.69, 9.17) is 5.73 Å². The summed E-state index contributed by atoms with van der Waals surface area (Å²) in [7, 11) is 0. The van der Waals surface area contributed by atoms with E-state index in [1.165, 1.54) is 0 Å². The second kappa shape index (κ2) is 5.92. The number of hydrogen-bond acceptors (Lipinski definition) is 4. The van der Waals surface area contributed by atoms with Crippen LogP contribution in [0.1, 0.15) is 43.6 Å². The van der Waals surface area contributed by atoms with Gasteiger partial charge in [-0.1, -0.05) is 36.4 Å². The molecule has 0 unspecified atom stereocenters. The number of hydrogen-bond donors (Lipinski definition) is 2. The summed E-state index contributed by atoms with van der Waals surface area (Å²) in [6, 6.07) is 13.8. The third-order valence-electron chi connectivity index (χ3n) is 5.04. The lowest BCUT2D eigenvalue weighted by Crippen LogP contribution is -2.31. The van der Waals surface area contributed by atoms with Gasteiger partial charge in [0, 0.05) is 11.8 Å². The van der Waals surface area contributed by atoms with Crippen LogP contribution in [-0.4, -0.2) is 25.5 Å². The van der Waals surface area contributed by atoms with Crippen molar-refractivity contribution in [2.24, 2.45) is 10.7 Å². The quantitative estimate of drug-likeness (QED) is 0.547. The standard InChI is InChI=1S/C20H23N5O/c1-19(2,26)15-9-6-12-25-16(15)23-24-18(25)20(10-11-20)17(21)22-13-14-7-4-3-5-8-14/h3-9,12,26H,10-11,13H2,1-2H3,(H2,21,22). The van der Waals surface area contributed by atoms with Gasteiger partial charge in [0.05, 0.1) is 17.6 Å². The van der Waals surface area contributed by atoms with Crippen molar-refractivity contribution in [3.8, 4) is 0 Å². The number of aliphatic imine (C=N–C) groups is 1. The Morgan fingerprint density at radius 1 is 1.19 bits per heavy atom. The van der Waals surface area contributed by atoms with E-state index >= 15 is 0 Å². The van der Waals surface area contributed by atoms with Crippen molar-refractivity contribution in [1.82, 2.24) is 14.6 Å². The number of rotatable bonds is 5. The minimum Gasteiger partial charge on any atom is -0.387 e. The topological polar surface area (TPSA) is 88.8 Å². The van der Waals surface area contributed by atoms with Gasteiger partial charge in [0.2, 0.25) is 0 Å².